The van der Waals surface area contributed by atoms with Crippen molar-refractivity contribution in [3.05, 3.63) is 63.5 Å². The maximum absolute atomic E-state index is 12.4. The quantitative estimate of drug-likeness (QED) is 0.335. The molecule has 0 spiro atoms. The lowest BCUT2D eigenvalue weighted by molar-refractivity contribution is -0.385. The highest BCUT2D eigenvalue weighted by atomic mass is 16.6. The number of benzene rings is 1. The number of nitrogens with zero attached hydrogens (tertiary/aromatic N) is 3. The van der Waals surface area contributed by atoms with Gasteiger partial charge in [-0.05, 0) is 25.1 Å². The van der Waals surface area contributed by atoms with Crippen LogP contribution in [0, 0.1) is 10.1 Å². The second-order valence-electron chi connectivity index (χ2n) is 5.28. The Bertz CT molecular complexity index is 932. The van der Waals surface area contributed by atoms with Crippen LogP contribution < -0.4 is 10.7 Å². The fraction of sp³-hybridized carbons (Fsp3) is 0.176. The molecule has 0 radical (unpaired) electrons. The first-order valence-corrected chi connectivity index (χ1v) is 7.85. The summed E-state index contributed by atoms with van der Waals surface area (Å²) in [5.41, 5.74) is 2.62. The van der Waals surface area contributed by atoms with Crippen molar-refractivity contribution in [2.24, 2.45) is 10.1 Å². The van der Waals surface area contributed by atoms with Gasteiger partial charge in [0, 0.05) is 6.07 Å². The number of amides is 1. The highest BCUT2D eigenvalue weighted by molar-refractivity contribution is 6.04. The summed E-state index contributed by atoms with van der Waals surface area (Å²) in [7, 11) is 2.54. The first-order chi connectivity index (χ1) is 13.4. The van der Waals surface area contributed by atoms with Crippen LogP contribution in [0.5, 0.6) is 0 Å². The number of nitrogens with one attached hydrogen (secondary N) is 2. The number of nitro groups is 1. The summed E-state index contributed by atoms with van der Waals surface area (Å²) in [6.07, 6.45) is 2.68. The number of carbonyl (C=O) groups excluding carboxylic acids is 2. The molecule has 0 saturated carbocycles. The molecule has 1 heterocycles. The molecular formula is C17H17N5O6. The second kappa shape index (κ2) is 9.07. The molecule has 0 unspecified atom stereocenters. The van der Waals surface area contributed by atoms with Gasteiger partial charge in [-0.3, -0.25) is 14.9 Å². The summed E-state index contributed by atoms with van der Waals surface area (Å²) < 4.78 is 9.60. The molecule has 0 fully saturated rings. The van der Waals surface area contributed by atoms with Crippen LogP contribution in [0.3, 0.4) is 0 Å². The number of carbonyl (C=O) groups is 2. The first kappa shape index (κ1) is 20.3. The van der Waals surface area contributed by atoms with Gasteiger partial charge in [0.15, 0.2) is 0 Å². The SMILES string of the molecule is COC(=O)/C(=C/C=C1\N=C(OC)NN=C1C)NC(=O)c1ccccc1[N+](=O)[O-]. The maximum Gasteiger partial charge on any atom is 0.354 e. The number of amidine groups is 1. The molecule has 1 aliphatic rings. The number of hydrogen-bond donors (Lipinski definition) is 2. The first-order valence-electron chi connectivity index (χ1n) is 7.85. The van der Waals surface area contributed by atoms with E-state index in [2.05, 4.69) is 25.6 Å². The third-order valence-corrected chi connectivity index (χ3v) is 3.51. The number of allylic oxidation sites excluding steroid dienone is 3. The van der Waals surface area contributed by atoms with Crippen LogP contribution in [0.1, 0.15) is 17.3 Å². The van der Waals surface area contributed by atoms with Gasteiger partial charge in [0.05, 0.1) is 30.6 Å². The topological polar surface area (TPSA) is 145 Å². The summed E-state index contributed by atoms with van der Waals surface area (Å²) in [6, 6.07) is 5.52. The zero-order chi connectivity index (χ0) is 20.7. The zero-order valence-corrected chi connectivity index (χ0v) is 15.3. The minimum absolute atomic E-state index is 0.147. The third kappa shape index (κ3) is 4.78. The van der Waals surface area contributed by atoms with E-state index in [4.69, 9.17) is 4.74 Å². The predicted molar refractivity (Wildman–Crippen MR) is 99.4 cm³/mol. The lowest BCUT2D eigenvalue weighted by Gasteiger charge is -2.12. The van der Waals surface area contributed by atoms with Gasteiger partial charge >= 0.3 is 12.0 Å². The molecule has 11 nitrogen and oxygen atoms in total. The molecule has 0 aliphatic carbocycles. The summed E-state index contributed by atoms with van der Waals surface area (Å²) in [5.74, 6) is -1.68. The van der Waals surface area contributed by atoms with Crippen LogP contribution in [-0.2, 0) is 14.3 Å². The molecule has 2 rings (SSSR count). The Morgan fingerprint density at radius 1 is 1.29 bits per heavy atom. The summed E-state index contributed by atoms with van der Waals surface area (Å²) >= 11 is 0. The van der Waals surface area contributed by atoms with Gasteiger partial charge in [0.2, 0.25) is 0 Å². The number of esters is 1. The number of aliphatic imine (C=N–C) groups is 1. The fourth-order valence-electron chi connectivity index (χ4n) is 2.10. The largest absolute Gasteiger partial charge is 0.467 e. The molecule has 1 aromatic carbocycles. The van der Waals surface area contributed by atoms with Crippen molar-refractivity contribution < 1.29 is 24.0 Å². The Morgan fingerprint density at radius 2 is 2.00 bits per heavy atom. The Labute approximate surface area is 159 Å². The molecule has 146 valence electrons. The number of hydrogen-bond acceptors (Lipinski definition) is 9. The van der Waals surface area contributed by atoms with Gasteiger partial charge < -0.3 is 14.8 Å². The molecule has 28 heavy (non-hydrogen) atoms. The summed E-state index contributed by atoms with van der Waals surface area (Å²) in [6.45, 7) is 1.67. The van der Waals surface area contributed by atoms with Gasteiger partial charge in [-0.15, -0.1) is 0 Å². The molecular weight excluding hydrogens is 370 g/mol. The fourth-order valence-corrected chi connectivity index (χ4v) is 2.10. The number of methoxy groups -OCH3 is 2. The van der Waals surface area contributed by atoms with E-state index in [0.717, 1.165) is 7.11 Å². The molecule has 1 aromatic rings. The predicted octanol–water partition coefficient (Wildman–Crippen LogP) is 1.25. The van der Waals surface area contributed by atoms with Crippen molar-refractivity contribution in [3.8, 4) is 0 Å². The molecule has 0 aromatic heterocycles. The minimum atomic E-state index is -0.844. The van der Waals surface area contributed by atoms with Gasteiger partial charge in [-0.1, -0.05) is 12.1 Å². The minimum Gasteiger partial charge on any atom is -0.467 e. The summed E-state index contributed by atoms with van der Waals surface area (Å²) in [5, 5.41) is 17.4. The van der Waals surface area contributed by atoms with Gasteiger partial charge in [-0.2, -0.15) is 10.1 Å². The van der Waals surface area contributed by atoms with Crippen molar-refractivity contribution >= 4 is 29.3 Å². The van der Waals surface area contributed by atoms with Gasteiger partial charge in [0.25, 0.3) is 11.6 Å². The Balaban J connectivity index is 2.35. The van der Waals surface area contributed by atoms with E-state index in [0.29, 0.717) is 11.4 Å². The smallest absolute Gasteiger partial charge is 0.354 e. The van der Waals surface area contributed by atoms with Crippen molar-refractivity contribution in [1.82, 2.24) is 10.7 Å². The normalized spacial score (nSPS) is 15.1. The third-order valence-electron chi connectivity index (χ3n) is 3.51. The van der Waals surface area contributed by atoms with Crippen LogP contribution in [-0.4, -0.2) is 42.8 Å². The lowest BCUT2D eigenvalue weighted by atomic mass is 10.1. The number of hydrazone groups is 1. The maximum atomic E-state index is 12.4. The van der Waals surface area contributed by atoms with Gasteiger partial charge in [-0.25, -0.2) is 10.2 Å². The van der Waals surface area contributed by atoms with Crippen LogP contribution in [0.15, 0.2) is 57.9 Å². The lowest BCUT2D eigenvalue weighted by Crippen LogP contribution is -2.29. The Kier molecular flexibility index (Phi) is 6.58. The molecule has 0 saturated heterocycles. The van der Waals surface area contributed by atoms with E-state index in [1.807, 2.05) is 0 Å². The number of ether oxygens (including phenoxy) is 2. The van der Waals surface area contributed by atoms with Crippen molar-refractivity contribution in [2.45, 2.75) is 6.92 Å². The highest BCUT2D eigenvalue weighted by Gasteiger charge is 2.22. The van der Waals surface area contributed by atoms with Gasteiger partial charge in [0.1, 0.15) is 11.3 Å². The molecule has 11 heteroatoms. The van der Waals surface area contributed by atoms with Crippen LogP contribution in [0.2, 0.25) is 0 Å². The molecule has 2 N–H and O–H groups in total. The van der Waals surface area contributed by atoms with Crippen molar-refractivity contribution in [1.29, 1.82) is 0 Å². The molecule has 1 amide bonds. The van der Waals surface area contributed by atoms with E-state index in [1.165, 1.54) is 43.5 Å². The van der Waals surface area contributed by atoms with Crippen molar-refractivity contribution in [3.63, 3.8) is 0 Å². The zero-order valence-electron chi connectivity index (χ0n) is 15.3. The second-order valence-corrected chi connectivity index (χ2v) is 5.28. The average Bonchev–Trinajstić information content (AvgIpc) is 2.71. The highest BCUT2D eigenvalue weighted by Crippen LogP contribution is 2.18. The average molecular weight is 387 g/mol. The Morgan fingerprint density at radius 3 is 2.64 bits per heavy atom. The molecule has 1 aliphatic heterocycles. The van der Waals surface area contributed by atoms with Crippen LogP contribution in [0.4, 0.5) is 5.69 Å². The van der Waals surface area contributed by atoms with E-state index in [-0.39, 0.29) is 17.3 Å². The standard InChI is InChI=1S/C17H17N5O6/c1-10-12(19-17(28-3)21-20-10)8-9-13(16(24)27-2)18-15(23)11-6-4-5-7-14(11)22(25)26/h4-9H,1-3H3,(H,18,23)(H,19,21)/b12-8-,13-9-. The Hall–Kier alpha value is -4.02. The number of nitro benzene ring substituents is 1. The summed E-state index contributed by atoms with van der Waals surface area (Å²) in [4.78, 5) is 39.0. The number of para-hydroxylation sites is 1. The molecule has 0 bridgehead atoms. The monoisotopic (exact) mass is 387 g/mol. The number of rotatable bonds is 5. The van der Waals surface area contributed by atoms with E-state index in [1.54, 1.807) is 6.92 Å². The van der Waals surface area contributed by atoms with Crippen molar-refractivity contribution in [2.75, 3.05) is 14.2 Å². The van der Waals surface area contributed by atoms with E-state index < -0.39 is 22.5 Å². The molecule has 0 atom stereocenters. The van der Waals surface area contributed by atoms with Crippen LogP contribution in [0.25, 0.3) is 0 Å². The van der Waals surface area contributed by atoms with Crippen LogP contribution >= 0.6 is 0 Å². The van der Waals surface area contributed by atoms with E-state index in [9.17, 15) is 19.7 Å². The van der Waals surface area contributed by atoms with E-state index >= 15 is 0 Å².